The largest absolute Gasteiger partial charge is 0.366 e. The van der Waals surface area contributed by atoms with Gasteiger partial charge in [0.05, 0.1) is 11.6 Å². The summed E-state index contributed by atoms with van der Waals surface area (Å²) < 4.78 is 13.8. The highest BCUT2D eigenvalue weighted by Gasteiger charge is 2.27. The number of anilines is 1. The van der Waals surface area contributed by atoms with Crippen LogP contribution in [0, 0.1) is 12.7 Å². The lowest BCUT2D eigenvalue weighted by Gasteiger charge is -2.37. The number of carbonyl (C=O) groups excluding carboxylic acids is 1. The molecule has 3 rings (SSSR count). The Labute approximate surface area is 135 Å². The average molecular weight is 316 g/mol. The molecule has 1 amide bonds. The third-order valence-corrected chi connectivity index (χ3v) is 4.29. The molecular weight excluding hydrogens is 295 g/mol. The Hall–Kier alpha value is -2.37. The van der Waals surface area contributed by atoms with Crippen molar-refractivity contribution in [1.29, 1.82) is 0 Å². The maximum atomic E-state index is 13.8. The number of hydrogen-bond acceptors (Lipinski definition) is 3. The van der Waals surface area contributed by atoms with E-state index in [0.717, 1.165) is 5.69 Å². The van der Waals surface area contributed by atoms with E-state index in [9.17, 15) is 9.18 Å². The van der Waals surface area contributed by atoms with Crippen LogP contribution in [0.2, 0.25) is 0 Å². The number of halogens is 1. The zero-order chi connectivity index (χ0) is 16.4. The van der Waals surface area contributed by atoms with Crippen molar-refractivity contribution in [2.24, 2.45) is 0 Å². The predicted molar refractivity (Wildman–Crippen MR) is 86.9 cm³/mol. The van der Waals surface area contributed by atoms with E-state index in [1.807, 2.05) is 29.7 Å². The van der Waals surface area contributed by atoms with E-state index in [1.54, 1.807) is 18.3 Å². The summed E-state index contributed by atoms with van der Waals surface area (Å²) in [6, 6.07) is 6.76. The molecule has 1 N–H and O–H groups in total. The van der Waals surface area contributed by atoms with E-state index < -0.39 is 0 Å². The number of rotatable bonds is 3. The molecule has 2 heterocycles. The standard InChI is InChI=1S/C17H21FN4O/c1-12-11-19-16(20-12)13(2)17(23)22-9-7-21(8-10-22)15-6-4-3-5-14(15)18/h3-6,11,13H,7-10H2,1-2H3,(H,19,20). The molecule has 1 aliphatic heterocycles. The first-order valence-electron chi connectivity index (χ1n) is 7.86. The summed E-state index contributed by atoms with van der Waals surface area (Å²) in [6.07, 6.45) is 1.73. The van der Waals surface area contributed by atoms with Crippen LogP contribution in [0.25, 0.3) is 0 Å². The Kier molecular flexibility index (Phi) is 4.32. The van der Waals surface area contributed by atoms with Crippen LogP contribution in [0.4, 0.5) is 10.1 Å². The Balaban J connectivity index is 1.62. The Bertz CT molecular complexity index is 691. The van der Waals surface area contributed by atoms with Gasteiger partial charge in [-0.15, -0.1) is 0 Å². The van der Waals surface area contributed by atoms with Gasteiger partial charge in [0.2, 0.25) is 5.91 Å². The minimum atomic E-state index is -0.288. The number of aromatic nitrogens is 2. The molecule has 6 heteroatoms. The van der Waals surface area contributed by atoms with Crippen LogP contribution in [-0.2, 0) is 4.79 Å². The highest BCUT2D eigenvalue weighted by molar-refractivity contribution is 5.82. The van der Waals surface area contributed by atoms with Crippen LogP contribution >= 0.6 is 0 Å². The number of imidazole rings is 1. The second-order valence-electron chi connectivity index (χ2n) is 5.94. The second kappa shape index (κ2) is 6.40. The van der Waals surface area contributed by atoms with Crippen LogP contribution in [0.5, 0.6) is 0 Å². The molecule has 0 saturated carbocycles. The third kappa shape index (κ3) is 3.21. The molecule has 0 spiro atoms. The normalized spacial score (nSPS) is 16.5. The van der Waals surface area contributed by atoms with E-state index in [4.69, 9.17) is 0 Å². The number of para-hydroxylation sites is 1. The number of piperazine rings is 1. The van der Waals surface area contributed by atoms with Crippen molar-refractivity contribution in [1.82, 2.24) is 14.9 Å². The minimum absolute atomic E-state index is 0.0625. The van der Waals surface area contributed by atoms with Gasteiger partial charge in [0.25, 0.3) is 0 Å². The van der Waals surface area contributed by atoms with E-state index in [-0.39, 0.29) is 17.6 Å². The van der Waals surface area contributed by atoms with Gasteiger partial charge in [0.15, 0.2) is 0 Å². The van der Waals surface area contributed by atoms with Gasteiger partial charge in [0, 0.05) is 38.1 Å². The molecule has 1 unspecified atom stereocenters. The Morgan fingerprint density at radius 1 is 1.26 bits per heavy atom. The lowest BCUT2D eigenvalue weighted by Crippen LogP contribution is -2.50. The first-order chi connectivity index (χ1) is 11.1. The van der Waals surface area contributed by atoms with Crippen molar-refractivity contribution in [2.45, 2.75) is 19.8 Å². The van der Waals surface area contributed by atoms with Gasteiger partial charge in [-0.2, -0.15) is 0 Å². The van der Waals surface area contributed by atoms with Gasteiger partial charge < -0.3 is 14.8 Å². The van der Waals surface area contributed by atoms with Gasteiger partial charge >= 0.3 is 0 Å². The molecular formula is C17H21FN4O. The number of hydrogen-bond donors (Lipinski definition) is 1. The number of benzene rings is 1. The molecule has 1 fully saturated rings. The zero-order valence-corrected chi connectivity index (χ0v) is 13.4. The van der Waals surface area contributed by atoms with Crippen LogP contribution in [0.3, 0.4) is 0 Å². The highest BCUT2D eigenvalue weighted by Crippen LogP contribution is 2.22. The van der Waals surface area contributed by atoms with Crippen LogP contribution < -0.4 is 4.90 Å². The Morgan fingerprint density at radius 3 is 2.57 bits per heavy atom. The monoisotopic (exact) mass is 316 g/mol. The maximum Gasteiger partial charge on any atom is 0.233 e. The number of H-pyrrole nitrogens is 1. The molecule has 122 valence electrons. The molecule has 0 radical (unpaired) electrons. The molecule has 1 aliphatic rings. The molecule has 1 aromatic carbocycles. The van der Waals surface area contributed by atoms with Crippen molar-refractivity contribution in [3.8, 4) is 0 Å². The summed E-state index contributed by atoms with van der Waals surface area (Å²) in [7, 11) is 0. The van der Waals surface area contributed by atoms with Gasteiger partial charge in [-0.25, -0.2) is 9.37 Å². The molecule has 2 aromatic rings. The fourth-order valence-electron chi connectivity index (χ4n) is 2.92. The third-order valence-electron chi connectivity index (χ3n) is 4.29. The summed E-state index contributed by atoms with van der Waals surface area (Å²) in [5.41, 5.74) is 1.55. The molecule has 1 atom stereocenters. The fourth-order valence-corrected chi connectivity index (χ4v) is 2.92. The molecule has 5 nitrogen and oxygen atoms in total. The SMILES string of the molecule is Cc1cnc(C(C)C(=O)N2CCN(c3ccccc3F)CC2)[nH]1. The maximum absolute atomic E-state index is 13.8. The number of aryl methyl sites for hydroxylation is 1. The number of carbonyl (C=O) groups is 1. The predicted octanol–water partition coefficient (Wildman–Crippen LogP) is 2.31. The molecule has 0 bridgehead atoms. The van der Waals surface area contributed by atoms with Gasteiger partial charge in [0.1, 0.15) is 11.6 Å². The lowest BCUT2D eigenvalue weighted by atomic mass is 10.1. The quantitative estimate of drug-likeness (QED) is 0.945. The average Bonchev–Trinajstić information content (AvgIpc) is 3.01. The number of nitrogens with one attached hydrogen (secondary N) is 1. The molecule has 0 aliphatic carbocycles. The molecule has 23 heavy (non-hydrogen) atoms. The van der Waals surface area contributed by atoms with Crippen LogP contribution in [-0.4, -0.2) is 47.0 Å². The summed E-state index contributed by atoms with van der Waals surface area (Å²) in [6.45, 7) is 6.24. The van der Waals surface area contributed by atoms with E-state index in [1.165, 1.54) is 6.07 Å². The van der Waals surface area contributed by atoms with Gasteiger partial charge in [-0.1, -0.05) is 12.1 Å². The lowest BCUT2D eigenvalue weighted by molar-refractivity contribution is -0.132. The van der Waals surface area contributed by atoms with Gasteiger partial charge in [-0.05, 0) is 26.0 Å². The van der Waals surface area contributed by atoms with E-state index in [0.29, 0.717) is 37.7 Å². The molecule has 1 aromatic heterocycles. The van der Waals surface area contributed by atoms with Crippen molar-refractivity contribution < 1.29 is 9.18 Å². The summed E-state index contributed by atoms with van der Waals surface area (Å²) in [4.78, 5) is 23.8. The number of nitrogens with zero attached hydrogens (tertiary/aromatic N) is 3. The zero-order valence-electron chi connectivity index (χ0n) is 13.4. The Morgan fingerprint density at radius 2 is 1.96 bits per heavy atom. The topological polar surface area (TPSA) is 52.2 Å². The fraction of sp³-hybridized carbons (Fsp3) is 0.412. The van der Waals surface area contributed by atoms with Gasteiger partial charge in [-0.3, -0.25) is 4.79 Å². The minimum Gasteiger partial charge on any atom is -0.366 e. The van der Waals surface area contributed by atoms with Crippen LogP contribution in [0.1, 0.15) is 24.4 Å². The van der Waals surface area contributed by atoms with Crippen LogP contribution in [0.15, 0.2) is 30.5 Å². The van der Waals surface area contributed by atoms with Crippen molar-refractivity contribution in [3.05, 3.63) is 47.8 Å². The summed E-state index contributed by atoms with van der Waals surface area (Å²) >= 11 is 0. The summed E-state index contributed by atoms with van der Waals surface area (Å²) in [5.74, 6) is 0.256. The van der Waals surface area contributed by atoms with E-state index in [2.05, 4.69) is 9.97 Å². The summed E-state index contributed by atoms with van der Waals surface area (Å²) in [5, 5.41) is 0. The number of amides is 1. The highest BCUT2D eigenvalue weighted by atomic mass is 19.1. The first kappa shape index (κ1) is 15.5. The molecule has 1 saturated heterocycles. The van der Waals surface area contributed by atoms with Crippen molar-refractivity contribution in [2.75, 3.05) is 31.1 Å². The van der Waals surface area contributed by atoms with E-state index >= 15 is 0 Å². The second-order valence-corrected chi connectivity index (χ2v) is 5.94. The smallest absolute Gasteiger partial charge is 0.233 e. The van der Waals surface area contributed by atoms with Crippen molar-refractivity contribution >= 4 is 11.6 Å². The van der Waals surface area contributed by atoms with Crippen molar-refractivity contribution in [3.63, 3.8) is 0 Å². The number of aromatic amines is 1. The first-order valence-corrected chi connectivity index (χ1v) is 7.86.